The van der Waals surface area contributed by atoms with E-state index in [4.69, 9.17) is 4.52 Å². The highest BCUT2D eigenvalue weighted by atomic mass is 16.5. The largest absolute Gasteiger partial charge is 0.392 e. The van der Waals surface area contributed by atoms with E-state index in [1.165, 1.54) is 0 Å². The van der Waals surface area contributed by atoms with E-state index in [2.05, 4.69) is 21.6 Å². The number of hydrogen-bond acceptors (Lipinski definition) is 4. The highest BCUT2D eigenvalue weighted by Gasteiger charge is 2.09. The maximum Gasteiger partial charge on any atom is 0.246 e. The molecule has 0 aliphatic rings. The molecule has 0 aliphatic carbocycles. The number of aliphatic hydroxyl groups is 1. The van der Waals surface area contributed by atoms with Crippen molar-refractivity contribution in [1.82, 2.24) is 14.7 Å². The average Bonchev–Trinajstić information content (AvgIpc) is 3.07. The molecule has 3 aromatic rings. The third-order valence-corrected chi connectivity index (χ3v) is 3.36. The van der Waals surface area contributed by atoms with E-state index in [9.17, 15) is 5.11 Å². The summed E-state index contributed by atoms with van der Waals surface area (Å²) in [5.74, 6) is 1.37. The van der Waals surface area contributed by atoms with E-state index >= 15 is 0 Å². The van der Waals surface area contributed by atoms with E-state index in [0.717, 1.165) is 35.1 Å². The van der Waals surface area contributed by atoms with Crippen LogP contribution < -0.4 is 0 Å². The van der Waals surface area contributed by atoms with Crippen molar-refractivity contribution in [2.75, 3.05) is 0 Å². The molecule has 0 fully saturated rings. The summed E-state index contributed by atoms with van der Waals surface area (Å²) in [5, 5.41) is 14.4. The molecule has 3 rings (SSSR count). The summed E-state index contributed by atoms with van der Waals surface area (Å²) >= 11 is 0. The van der Waals surface area contributed by atoms with Gasteiger partial charge in [0, 0.05) is 23.5 Å². The molecule has 0 spiro atoms. The predicted molar refractivity (Wildman–Crippen MR) is 75.3 cm³/mol. The third-order valence-electron chi connectivity index (χ3n) is 3.36. The van der Waals surface area contributed by atoms with Gasteiger partial charge in [-0.2, -0.15) is 4.98 Å². The van der Waals surface area contributed by atoms with Gasteiger partial charge in [-0.05, 0) is 24.1 Å². The molecule has 1 aromatic carbocycles. The minimum atomic E-state index is 0.0442. The Labute approximate surface area is 116 Å². The fourth-order valence-corrected chi connectivity index (χ4v) is 2.39. The first-order valence-electron chi connectivity index (χ1n) is 6.81. The number of aryl methyl sites for hydroxylation is 1. The Bertz CT molecular complexity index is 715. The summed E-state index contributed by atoms with van der Waals surface area (Å²) in [6, 6.07) is 7.90. The van der Waals surface area contributed by atoms with Crippen LogP contribution in [0.25, 0.3) is 10.9 Å². The van der Waals surface area contributed by atoms with Crippen molar-refractivity contribution in [3.63, 3.8) is 0 Å². The van der Waals surface area contributed by atoms with Crippen LogP contribution in [0, 0.1) is 0 Å². The van der Waals surface area contributed by atoms with Gasteiger partial charge in [0.05, 0.1) is 6.61 Å². The quantitative estimate of drug-likeness (QED) is 0.774. The van der Waals surface area contributed by atoms with E-state index in [1.54, 1.807) is 0 Å². The summed E-state index contributed by atoms with van der Waals surface area (Å²) in [7, 11) is 0. The van der Waals surface area contributed by atoms with Crippen LogP contribution in [-0.4, -0.2) is 19.8 Å². The molecule has 0 radical (unpaired) electrons. The van der Waals surface area contributed by atoms with Gasteiger partial charge < -0.3 is 14.2 Å². The van der Waals surface area contributed by atoms with Gasteiger partial charge in [0.2, 0.25) is 5.89 Å². The number of fused-ring (bicyclic) bond motifs is 1. The van der Waals surface area contributed by atoms with E-state index in [1.807, 2.05) is 30.5 Å². The van der Waals surface area contributed by atoms with Crippen molar-refractivity contribution in [3.05, 3.63) is 47.7 Å². The van der Waals surface area contributed by atoms with Crippen LogP contribution in [0.4, 0.5) is 0 Å². The summed E-state index contributed by atoms with van der Waals surface area (Å²) in [6.07, 6.45) is 3.82. The highest BCUT2D eigenvalue weighted by molar-refractivity contribution is 5.83. The van der Waals surface area contributed by atoms with Gasteiger partial charge in [-0.3, -0.25) is 0 Å². The molecule has 0 saturated heterocycles. The number of aromatic nitrogens is 3. The molecule has 0 aliphatic heterocycles. The Morgan fingerprint density at radius 3 is 3.00 bits per heavy atom. The molecular weight excluding hydrogens is 254 g/mol. The van der Waals surface area contributed by atoms with Crippen molar-refractivity contribution in [1.29, 1.82) is 0 Å². The monoisotopic (exact) mass is 271 g/mol. The molecule has 0 bridgehead atoms. The van der Waals surface area contributed by atoms with Crippen LogP contribution in [0.3, 0.4) is 0 Å². The number of hydrogen-bond donors (Lipinski definition) is 1. The van der Waals surface area contributed by atoms with Gasteiger partial charge in [-0.1, -0.05) is 24.2 Å². The molecule has 1 N–H and O–H groups in total. The maximum absolute atomic E-state index is 9.35. The molecule has 0 amide bonds. The van der Waals surface area contributed by atoms with Crippen molar-refractivity contribution >= 4 is 10.9 Å². The number of benzene rings is 1. The predicted octanol–water partition coefficient (Wildman–Crippen LogP) is 2.52. The number of aliphatic hydroxyl groups excluding tert-OH is 1. The topological polar surface area (TPSA) is 64.1 Å². The Hall–Kier alpha value is -2.14. The lowest BCUT2D eigenvalue weighted by Crippen LogP contribution is -1.99. The second-order valence-electron chi connectivity index (χ2n) is 4.81. The third kappa shape index (κ3) is 2.32. The molecule has 0 saturated carbocycles. The maximum atomic E-state index is 9.35. The first-order valence-corrected chi connectivity index (χ1v) is 6.81. The van der Waals surface area contributed by atoms with Crippen molar-refractivity contribution < 1.29 is 9.63 Å². The van der Waals surface area contributed by atoms with E-state index < -0.39 is 0 Å². The number of rotatable bonds is 5. The van der Waals surface area contributed by atoms with E-state index in [-0.39, 0.29) is 6.61 Å². The first kappa shape index (κ1) is 12.9. The second-order valence-corrected chi connectivity index (χ2v) is 4.81. The van der Waals surface area contributed by atoms with Gasteiger partial charge in [-0.15, -0.1) is 0 Å². The Balaban J connectivity index is 1.90. The molecule has 5 heteroatoms. The Kier molecular flexibility index (Phi) is 3.52. The van der Waals surface area contributed by atoms with Gasteiger partial charge in [-0.25, -0.2) is 0 Å². The molecule has 2 aromatic heterocycles. The van der Waals surface area contributed by atoms with Crippen molar-refractivity contribution in [3.8, 4) is 0 Å². The van der Waals surface area contributed by atoms with Crippen molar-refractivity contribution in [2.24, 2.45) is 0 Å². The molecule has 104 valence electrons. The highest BCUT2D eigenvalue weighted by Crippen LogP contribution is 2.21. The van der Waals surface area contributed by atoms with E-state index in [0.29, 0.717) is 12.4 Å². The zero-order valence-corrected chi connectivity index (χ0v) is 11.4. The van der Waals surface area contributed by atoms with Gasteiger partial charge >= 0.3 is 0 Å². The summed E-state index contributed by atoms with van der Waals surface area (Å²) in [5.41, 5.74) is 1.99. The Morgan fingerprint density at radius 2 is 2.20 bits per heavy atom. The van der Waals surface area contributed by atoms with Crippen LogP contribution in [0.5, 0.6) is 0 Å². The lowest BCUT2D eigenvalue weighted by molar-refractivity contribution is 0.283. The molecule has 5 nitrogen and oxygen atoms in total. The smallest absolute Gasteiger partial charge is 0.246 e. The first-order chi connectivity index (χ1) is 9.81. The van der Waals surface area contributed by atoms with Crippen LogP contribution in [0.1, 0.15) is 30.6 Å². The van der Waals surface area contributed by atoms with Crippen LogP contribution in [-0.2, 0) is 19.6 Å². The fraction of sp³-hybridized carbons (Fsp3) is 0.333. The standard InChI is InChI=1S/C15H17N3O2/c1-2-4-14-16-15(20-17-14)9-18-8-7-12-11(10-19)5-3-6-13(12)18/h3,5-8,19H,2,4,9-10H2,1H3. The summed E-state index contributed by atoms with van der Waals surface area (Å²) in [6.45, 7) is 2.68. The Morgan fingerprint density at radius 1 is 1.30 bits per heavy atom. The second kappa shape index (κ2) is 5.46. The molecular formula is C15H17N3O2. The normalized spacial score (nSPS) is 11.3. The van der Waals surface area contributed by atoms with Gasteiger partial charge in [0.1, 0.15) is 6.54 Å². The van der Waals surface area contributed by atoms with Crippen LogP contribution in [0.2, 0.25) is 0 Å². The van der Waals surface area contributed by atoms with Crippen LogP contribution >= 0.6 is 0 Å². The van der Waals surface area contributed by atoms with Crippen molar-refractivity contribution in [2.45, 2.75) is 32.9 Å². The fourth-order valence-electron chi connectivity index (χ4n) is 2.39. The lowest BCUT2D eigenvalue weighted by atomic mass is 10.1. The molecule has 0 unspecified atom stereocenters. The molecule has 0 atom stereocenters. The lowest BCUT2D eigenvalue weighted by Gasteiger charge is -2.03. The molecule has 20 heavy (non-hydrogen) atoms. The van der Waals surface area contributed by atoms with Crippen LogP contribution in [0.15, 0.2) is 35.0 Å². The number of nitrogens with zero attached hydrogens (tertiary/aromatic N) is 3. The van der Waals surface area contributed by atoms with Gasteiger partial charge in [0.15, 0.2) is 5.82 Å². The minimum absolute atomic E-state index is 0.0442. The average molecular weight is 271 g/mol. The summed E-state index contributed by atoms with van der Waals surface area (Å²) in [4.78, 5) is 4.38. The zero-order valence-electron chi connectivity index (χ0n) is 11.4. The minimum Gasteiger partial charge on any atom is -0.392 e. The van der Waals surface area contributed by atoms with Gasteiger partial charge in [0.25, 0.3) is 0 Å². The summed E-state index contributed by atoms with van der Waals surface area (Å²) < 4.78 is 7.32. The SMILES string of the molecule is CCCc1noc(Cn2ccc3c(CO)cccc32)n1. The zero-order chi connectivity index (χ0) is 13.9. The molecule has 2 heterocycles.